The predicted octanol–water partition coefficient (Wildman–Crippen LogP) is 0.726. The van der Waals surface area contributed by atoms with Crippen molar-refractivity contribution in [3.63, 3.8) is 0 Å². The SMILES string of the molecule is Cc1n[nH]c(C)c1C(=O)N(CCO)CC(F)F. The minimum Gasteiger partial charge on any atom is -0.395 e. The smallest absolute Gasteiger partial charge is 0.257 e. The van der Waals surface area contributed by atoms with Crippen LogP contribution in [0.5, 0.6) is 0 Å². The molecule has 7 heteroatoms. The molecule has 5 nitrogen and oxygen atoms in total. The van der Waals surface area contributed by atoms with Crippen LogP contribution in [0, 0.1) is 13.8 Å². The number of alkyl halides is 2. The number of nitrogens with zero attached hydrogens (tertiary/aromatic N) is 2. The van der Waals surface area contributed by atoms with E-state index in [2.05, 4.69) is 10.2 Å². The van der Waals surface area contributed by atoms with Crippen molar-refractivity contribution in [3.8, 4) is 0 Å². The second kappa shape index (κ2) is 5.72. The zero-order valence-electron chi connectivity index (χ0n) is 9.70. The van der Waals surface area contributed by atoms with Crippen molar-refractivity contribution in [1.29, 1.82) is 0 Å². The lowest BCUT2D eigenvalue weighted by molar-refractivity contribution is 0.0508. The van der Waals surface area contributed by atoms with Crippen LogP contribution in [0.4, 0.5) is 8.78 Å². The lowest BCUT2D eigenvalue weighted by Gasteiger charge is -2.21. The Hall–Kier alpha value is -1.50. The average molecular weight is 247 g/mol. The van der Waals surface area contributed by atoms with Crippen LogP contribution in [-0.4, -0.2) is 52.2 Å². The number of H-pyrrole nitrogens is 1. The van der Waals surface area contributed by atoms with Crippen molar-refractivity contribution < 1.29 is 18.7 Å². The summed E-state index contributed by atoms with van der Waals surface area (Å²) in [5.74, 6) is -0.539. The van der Waals surface area contributed by atoms with Crippen molar-refractivity contribution in [3.05, 3.63) is 17.0 Å². The highest BCUT2D eigenvalue weighted by Crippen LogP contribution is 2.13. The molecule has 0 radical (unpaired) electrons. The normalized spacial score (nSPS) is 10.9. The number of nitrogens with one attached hydrogen (secondary N) is 1. The Bertz CT molecular complexity index is 373. The van der Waals surface area contributed by atoms with Crippen LogP contribution in [0.15, 0.2) is 0 Å². The molecule has 1 aromatic heterocycles. The van der Waals surface area contributed by atoms with E-state index < -0.39 is 18.9 Å². The molecule has 0 atom stereocenters. The van der Waals surface area contributed by atoms with Crippen LogP contribution < -0.4 is 0 Å². The summed E-state index contributed by atoms with van der Waals surface area (Å²) in [4.78, 5) is 12.9. The number of amides is 1. The molecule has 2 N–H and O–H groups in total. The third-order valence-electron chi connectivity index (χ3n) is 2.36. The van der Waals surface area contributed by atoms with Crippen LogP contribution in [0.3, 0.4) is 0 Å². The molecule has 96 valence electrons. The highest BCUT2D eigenvalue weighted by molar-refractivity contribution is 5.96. The third kappa shape index (κ3) is 3.23. The van der Waals surface area contributed by atoms with E-state index in [1.807, 2.05) is 0 Å². The molecule has 0 saturated heterocycles. The molecule has 0 bridgehead atoms. The first kappa shape index (κ1) is 13.6. The largest absolute Gasteiger partial charge is 0.395 e. The number of hydrogen-bond acceptors (Lipinski definition) is 3. The molecular formula is C10H15F2N3O2. The van der Waals surface area contributed by atoms with E-state index >= 15 is 0 Å². The van der Waals surface area contributed by atoms with Crippen LogP contribution >= 0.6 is 0 Å². The molecule has 0 aliphatic rings. The fraction of sp³-hybridized carbons (Fsp3) is 0.600. The lowest BCUT2D eigenvalue weighted by Crippen LogP contribution is -2.37. The maximum Gasteiger partial charge on any atom is 0.257 e. The van der Waals surface area contributed by atoms with Gasteiger partial charge in [0.25, 0.3) is 12.3 Å². The fourth-order valence-corrected chi connectivity index (χ4v) is 1.59. The van der Waals surface area contributed by atoms with Gasteiger partial charge in [-0.2, -0.15) is 5.10 Å². The Balaban J connectivity index is 2.91. The highest BCUT2D eigenvalue weighted by atomic mass is 19.3. The summed E-state index contributed by atoms with van der Waals surface area (Å²) >= 11 is 0. The van der Waals surface area contributed by atoms with Gasteiger partial charge in [0.2, 0.25) is 0 Å². The van der Waals surface area contributed by atoms with Crippen LogP contribution in [-0.2, 0) is 0 Å². The number of aromatic amines is 1. The summed E-state index contributed by atoms with van der Waals surface area (Å²) in [5, 5.41) is 15.2. The highest BCUT2D eigenvalue weighted by Gasteiger charge is 2.23. The van der Waals surface area contributed by atoms with Crippen molar-refractivity contribution in [1.82, 2.24) is 15.1 Å². The number of hydrogen-bond donors (Lipinski definition) is 2. The first-order valence-corrected chi connectivity index (χ1v) is 5.17. The fourth-order valence-electron chi connectivity index (χ4n) is 1.59. The van der Waals surface area contributed by atoms with Gasteiger partial charge in [-0.1, -0.05) is 0 Å². The van der Waals surface area contributed by atoms with Gasteiger partial charge >= 0.3 is 0 Å². The molecule has 0 aliphatic carbocycles. The maximum absolute atomic E-state index is 12.3. The zero-order chi connectivity index (χ0) is 13.0. The van der Waals surface area contributed by atoms with Crippen molar-refractivity contribution >= 4 is 5.91 Å². The summed E-state index contributed by atoms with van der Waals surface area (Å²) in [7, 11) is 0. The van der Waals surface area contributed by atoms with E-state index in [-0.39, 0.29) is 13.2 Å². The molecular weight excluding hydrogens is 232 g/mol. The maximum atomic E-state index is 12.3. The summed E-state index contributed by atoms with van der Waals surface area (Å²) in [6, 6.07) is 0. The molecule has 0 fully saturated rings. The Morgan fingerprint density at radius 3 is 2.59 bits per heavy atom. The third-order valence-corrected chi connectivity index (χ3v) is 2.36. The second-order valence-corrected chi connectivity index (χ2v) is 3.67. The molecule has 0 spiro atoms. The number of aryl methyl sites for hydroxylation is 2. The Morgan fingerprint density at radius 2 is 2.18 bits per heavy atom. The van der Waals surface area contributed by atoms with Gasteiger partial charge in [-0.05, 0) is 13.8 Å². The lowest BCUT2D eigenvalue weighted by atomic mass is 10.1. The van der Waals surface area contributed by atoms with Gasteiger partial charge in [-0.25, -0.2) is 8.78 Å². The zero-order valence-corrected chi connectivity index (χ0v) is 9.70. The molecule has 0 saturated carbocycles. The van der Waals surface area contributed by atoms with Gasteiger partial charge < -0.3 is 10.0 Å². The van der Waals surface area contributed by atoms with E-state index in [1.54, 1.807) is 13.8 Å². The quantitative estimate of drug-likeness (QED) is 0.805. The van der Waals surface area contributed by atoms with Crippen LogP contribution in [0.25, 0.3) is 0 Å². The molecule has 1 amide bonds. The van der Waals surface area contributed by atoms with Gasteiger partial charge in [0.05, 0.1) is 24.4 Å². The second-order valence-electron chi connectivity index (χ2n) is 3.67. The van der Waals surface area contributed by atoms with Gasteiger partial charge in [0.15, 0.2) is 0 Å². The van der Waals surface area contributed by atoms with E-state index in [0.717, 1.165) is 4.90 Å². The minimum atomic E-state index is -2.63. The number of carbonyl (C=O) groups is 1. The van der Waals surface area contributed by atoms with Crippen molar-refractivity contribution in [2.75, 3.05) is 19.7 Å². The summed E-state index contributed by atoms with van der Waals surface area (Å²) in [6.45, 7) is 2.11. The van der Waals surface area contributed by atoms with Gasteiger partial charge in [0.1, 0.15) is 0 Å². The predicted molar refractivity (Wildman–Crippen MR) is 57.1 cm³/mol. The monoisotopic (exact) mass is 247 g/mol. The molecule has 0 aromatic carbocycles. The first-order chi connectivity index (χ1) is 7.97. The number of aliphatic hydroxyl groups is 1. The molecule has 0 aliphatic heterocycles. The number of halogens is 2. The molecule has 17 heavy (non-hydrogen) atoms. The molecule has 1 heterocycles. The number of rotatable bonds is 5. The number of aromatic nitrogens is 2. The Morgan fingerprint density at radius 1 is 1.53 bits per heavy atom. The van der Waals surface area contributed by atoms with Gasteiger partial charge in [-0.15, -0.1) is 0 Å². The Labute approximate surface area is 97.4 Å². The van der Waals surface area contributed by atoms with E-state index in [0.29, 0.717) is 17.0 Å². The van der Waals surface area contributed by atoms with Gasteiger partial charge in [0, 0.05) is 12.2 Å². The first-order valence-electron chi connectivity index (χ1n) is 5.17. The van der Waals surface area contributed by atoms with Crippen LogP contribution in [0.2, 0.25) is 0 Å². The number of aliphatic hydroxyl groups excluding tert-OH is 1. The van der Waals surface area contributed by atoms with Crippen molar-refractivity contribution in [2.45, 2.75) is 20.3 Å². The van der Waals surface area contributed by atoms with E-state index in [1.165, 1.54) is 0 Å². The Kier molecular flexibility index (Phi) is 4.56. The van der Waals surface area contributed by atoms with Crippen molar-refractivity contribution in [2.24, 2.45) is 0 Å². The number of carbonyl (C=O) groups excluding carboxylic acids is 1. The van der Waals surface area contributed by atoms with Gasteiger partial charge in [-0.3, -0.25) is 9.89 Å². The van der Waals surface area contributed by atoms with Crippen LogP contribution in [0.1, 0.15) is 21.7 Å². The molecule has 0 unspecified atom stereocenters. The molecule has 1 rings (SSSR count). The summed E-state index contributed by atoms with van der Waals surface area (Å²) < 4.78 is 24.6. The summed E-state index contributed by atoms with van der Waals surface area (Å²) in [6.07, 6.45) is -2.63. The van der Waals surface area contributed by atoms with E-state index in [4.69, 9.17) is 5.11 Å². The van der Waals surface area contributed by atoms with E-state index in [9.17, 15) is 13.6 Å². The summed E-state index contributed by atoms with van der Waals surface area (Å²) in [5.41, 5.74) is 1.29. The average Bonchev–Trinajstić information content (AvgIpc) is 2.56. The molecule has 1 aromatic rings. The minimum absolute atomic E-state index is 0.118. The standard InChI is InChI=1S/C10H15F2N3O2/c1-6-9(7(2)14-13-6)10(17)15(3-4-16)5-8(11)12/h8,16H,3-5H2,1-2H3,(H,13,14). The topological polar surface area (TPSA) is 69.2 Å².